The lowest BCUT2D eigenvalue weighted by molar-refractivity contribution is -0.0875. The standard InChI is InChI=1S/C33H41FN6O3/c1-21-5-7-33(28-23(21)3-4-26(36)24(28)17-35)16-27-25(19-43-33)29(40-12-8-31(40)9-13-41-14-10-31)38-30(37-27)42-20-32-6-2-11-39(32)18-22(34)15-32/h3-4,21-22H,2,5-16,18-20,36H2,1H3/t21-,22+,32-,33-/m0/s1. The molecule has 6 heterocycles. The number of benzene rings is 1. The number of alkyl halides is 1. The Morgan fingerprint density at radius 1 is 1.16 bits per heavy atom. The lowest BCUT2D eigenvalue weighted by atomic mass is 9.69. The van der Waals surface area contributed by atoms with Gasteiger partial charge in [0.1, 0.15) is 30.3 Å². The molecule has 1 aromatic carbocycles. The summed E-state index contributed by atoms with van der Waals surface area (Å²) in [6.07, 6.45) is 7.01. The van der Waals surface area contributed by atoms with Crippen LogP contribution in [0.5, 0.6) is 6.01 Å². The summed E-state index contributed by atoms with van der Waals surface area (Å²) in [5.41, 5.74) is 10.4. The third-order valence-electron chi connectivity index (χ3n) is 11.6. The maximum Gasteiger partial charge on any atom is 0.318 e. The number of fused-ring (bicyclic) bond motifs is 4. The maximum atomic E-state index is 14.5. The molecule has 2 spiro atoms. The van der Waals surface area contributed by atoms with E-state index < -0.39 is 11.8 Å². The molecule has 43 heavy (non-hydrogen) atoms. The van der Waals surface area contributed by atoms with Crippen LogP contribution >= 0.6 is 0 Å². The monoisotopic (exact) mass is 588 g/mol. The molecule has 4 atom stereocenters. The first-order chi connectivity index (χ1) is 20.9. The Morgan fingerprint density at radius 2 is 2.02 bits per heavy atom. The number of hydrogen-bond acceptors (Lipinski definition) is 9. The highest BCUT2D eigenvalue weighted by atomic mass is 19.1. The molecule has 8 rings (SSSR count). The molecule has 0 unspecified atom stereocenters. The maximum absolute atomic E-state index is 14.5. The van der Waals surface area contributed by atoms with Crippen molar-refractivity contribution in [3.05, 3.63) is 40.1 Å². The van der Waals surface area contributed by atoms with Crippen LogP contribution in [0.1, 0.15) is 92.2 Å². The highest BCUT2D eigenvalue weighted by molar-refractivity contribution is 5.64. The lowest BCUT2D eigenvalue weighted by Crippen LogP contribution is -2.63. The van der Waals surface area contributed by atoms with Crippen molar-refractivity contribution in [2.45, 2.75) is 100 Å². The van der Waals surface area contributed by atoms with Crippen LogP contribution in [0.2, 0.25) is 0 Å². The van der Waals surface area contributed by atoms with E-state index >= 15 is 0 Å². The Kier molecular flexibility index (Phi) is 6.41. The van der Waals surface area contributed by atoms with Crippen LogP contribution in [0, 0.1) is 11.3 Å². The molecule has 0 saturated carbocycles. The SMILES string of the molecule is C[C@H]1CC[C@]2(Cc3nc(OC[C@@]45CCCN4C[C@H](F)C5)nc(N4CCC45CCOCC5)c3CO2)c2c1ccc(N)c2C#N. The Labute approximate surface area is 252 Å². The molecule has 4 fully saturated rings. The molecule has 6 aliphatic rings. The number of ether oxygens (including phenoxy) is 3. The van der Waals surface area contributed by atoms with Gasteiger partial charge in [-0.3, -0.25) is 4.90 Å². The first kappa shape index (κ1) is 27.5. The smallest absolute Gasteiger partial charge is 0.318 e. The van der Waals surface area contributed by atoms with Crippen molar-refractivity contribution in [1.82, 2.24) is 14.9 Å². The van der Waals surface area contributed by atoms with Gasteiger partial charge in [0.25, 0.3) is 0 Å². The van der Waals surface area contributed by atoms with Crippen LogP contribution < -0.4 is 15.4 Å². The summed E-state index contributed by atoms with van der Waals surface area (Å²) >= 11 is 0. The number of nitrogens with two attached hydrogens (primary N) is 1. The molecule has 9 nitrogen and oxygen atoms in total. The van der Waals surface area contributed by atoms with Crippen molar-refractivity contribution in [2.75, 3.05) is 50.1 Å². The molecular weight excluding hydrogens is 547 g/mol. The number of anilines is 2. The van der Waals surface area contributed by atoms with E-state index in [9.17, 15) is 9.65 Å². The molecule has 1 aliphatic carbocycles. The van der Waals surface area contributed by atoms with Crippen molar-refractivity contribution >= 4 is 11.5 Å². The van der Waals surface area contributed by atoms with Crippen LogP contribution in [0.3, 0.4) is 0 Å². The number of aromatic nitrogens is 2. The fourth-order valence-corrected chi connectivity index (χ4v) is 9.11. The van der Waals surface area contributed by atoms with Crippen molar-refractivity contribution in [3.63, 3.8) is 0 Å². The zero-order valence-electron chi connectivity index (χ0n) is 25.0. The van der Waals surface area contributed by atoms with E-state index in [1.54, 1.807) is 0 Å². The van der Waals surface area contributed by atoms with Crippen LogP contribution in [0.25, 0.3) is 0 Å². The Hall–Kier alpha value is -3.00. The number of nitriles is 1. The predicted molar refractivity (Wildman–Crippen MR) is 159 cm³/mol. The number of halogens is 1. The first-order valence-electron chi connectivity index (χ1n) is 16.1. The molecule has 2 aromatic rings. The minimum absolute atomic E-state index is 0.0376. The van der Waals surface area contributed by atoms with Crippen LogP contribution in [-0.2, 0) is 28.1 Å². The summed E-state index contributed by atoms with van der Waals surface area (Å²) in [5, 5.41) is 10.2. The van der Waals surface area contributed by atoms with E-state index in [-0.39, 0.29) is 11.1 Å². The van der Waals surface area contributed by atoms with Gasteiger partial charge in [0.05, 0.1) is 23.4 Å². The molecule has 228 valence electrons. The summed E-state index contributed by atoms with van der Waals surface area (Å²) in [5.74, 6) is 1.21. The second kappa shape index (κ2) is 10.0. The molecule has 0 radical (unpaired) electrons. The van der Waals surface area contributed by atoms with Gasteiger partial charge in [-0.15, -0.1) is 0 Å². The number of hydrogen-bond donors (Lipinski definition) is 1. The van der Waals surface area contributed by atoms with Gasteiger partial charge >= 0.3 is 6.01 Å². The highest BCUT2D eigenvalue weighted by Crippen LogP contribution is 2.52. The normalized spacial score (nSPS) is 32.6. The molecule has 10 heteroatoms. The third-order valence-corrected chi connectivity index (χ3v) is 11.6. The van der Waals surface area contributed by atoms with Crippen LogP contribution in [-0.4, -0.2) is 71.6 Å². The average molecular weight is 589 g/mol. The summed E-state index contributed by atoms with van der Waals surface area (Å²) in [6.45, 7) is 6.79. The molecule has 5 aliphatic heterocycles. The van der Waals surface area contributed by atoms with Gasteiger partial charge in [0.2, 0.25) is 0 Å². The minimum Gasteiger partial charge on any atom is -0.461 e. The average Bonchev–Trinajstić information content (AvgIpc) is 3.53. The van der Waals surface area contributed by atoms with Gasteiger partial charge in [-0.2, -0.15) is 15.2 Å². The Balaban J connectivity index is 1.19. The number of rotatable bonds is 4. The van der Waals surface area contributed by atoms with E-state index in [0.29, 0.717) is 55.8 Å². The van der Waals surface area contributed by atoms with Crippen molar-refractivity contribution < 1.29 is 18.6 Å². The summed E-state index contributed by atoms with van der Waals surface area (Å²) in [7, 11) is 0. The summed E-state index contributed by atoms with van der Waals surface area (Å²) in [6, 6.07) is 6.68. The Bertz CT molecular complexity index is 1490. The molecule has 4 saturated heterocycles. The quantitative estimate of drug-likeness (QED) is 0.516. The zero-order valence-corrected chi connectivity index (χ0v) is 25.0. The minimum atomic E-state index is -0.814. The second-order valence-electron chi connectivity index (χ2n) is 13.9. The van der Waals surface area contributed by atoms with E-state index in [2.05, 4.69) is 28.9 Å². The van der Waals surface area contributed by atoms with Crippen molar-refractivity contribution in [2.24, 2.45) is 0 Å². The largest absolute Gasteiger partial charge is 0.461 e. The van der Waals surface area contributed by atoms with Crippen molar-refractivity contribution in [3.8, 4) is 12.1 Å². The van der Waals surface area contributed by atoms with Gasteiger partial charge in [-0.05, 0) is 69.0 Å². The zero-order chi connectivity index (χ0) is 29.4. The fourth-order valence-electron chi connectivity index (χ4n) is 9.11. The molecule has 2 N–H and O–H groups in total. The lowest BCUT2D eigenvalue weighted by Gasteiger charge is -2.56. The second-order valence-corrected chi connectivity index (χ2v) is 13.9. The predicted octanol–water partition coefficient (Wildman–Crippen LogP) is 4.51. The number of nitrogens with zero attached hydrogens (tertiary/aromatic N) is 5. The number of nitrogen functional groups attached to an aromatic ring is 1. The molecule has 0 amide bonds. The van der Waals surface area contributed by atoms with E-state index in [4.69, 9.17) is 29.9 Å². The van der Waals surface area contributed by atoms with Crippen LogP contribution in [0.15, 0.2) is 12.1 Å². The molecule has 0 bridgehead atoms. The van der Waals surface area contributed by atoms with Crippen molar-refractivity contribution in [1.29, 1.82) is 5.26 Å². The first-order valence-corrected chi connectivity index (χ1v) is 16.1. The van der Waals surface area contributed by atoms with E-state index in [0.717, 1.165) is 99.5 Å². The summed E-state index contributed by atoms with van der Waals surface area (Å²) < 4.78 is 33.6. The van der Waals surface area contributed by atoms with E-state index in [1.807, 2.05) is 6.07 Å². The molecular formula is C33H41FN6O3. The van der Waals surface area contributed by atoms with Crippen LogP contribution in [0.4, 0.5) is 15.9 Å². The van der Waals surface area contributed by atoms with Gasteiger partial charge in [0, 0.05) is 61.5 Å². The highest BCUT2D eigenvalue weighted by Gasteiger charge is 2.52. The van der Waals surface area contributed by atoms with Gasteiger partial charge < -0.3 is 24.8 Å². The van der Waals surface area contributed by atoms with Gasteiger partial charge in [-0.1, -0.05) is 13.0 Å². The topological polar surface area (TPSA) is 110 Å². The van der Waals surface area contributed by atoms with Gasteiger partial charge in [-0.25, -0.2) is 4.39 Å². The third kappa shape index (κ3) is 4.18. The molecule has 1 aromatic heterocycles. The summed E-state index contributed by atoms with van der Waals surface area (Å²) in [4.78, 5) is 14.8. The van der Waals surface area contributed by atoms with Gasteiger partial charge in [0.15, 0.2) is 0 Å². The Morgan fingerprint density at radius 3 is 2.81 bits per heavy atom. The fraction of sp³-hybridized carbons (Fsp3) is 0.667. The van der Waals surface area contributed by atoms with E-state index in [1.165, 1.54) is 0 Å².